The van der Waals surface area contributed by atoms with Crippen molar-refractivity contribution in [3.63, 3.8) is 0 Å². The molecule has 88 valence electrons. The first-order valence-electron chi connectivity index (χ1n) is 4.89. The summed E-state index contributed by atoms with van der Waals surface area (Å²) in [6.07, 6.45) is 2.67. The lowest BCUT2D eigenvalue weighted by Crippen LogP contribution is -2.13. The highest BCUT2D eigenvalue weighted by molar-refractivity contribution is 9.10. The minimum atomic E-state index is -0.497. The summed E-state index contributed by atoms with van der Waals surface area (Å²) >= 11 is 9.41. The molecule has 2 rings (SSSR count). The van der Waals surface area contributed by atoms with Crippen LogP contribution in [0.1, 0.15) is 17.2 Å². The molecule has 0 saturated heterocycles. The second-order valence-electron chi connectivity index (χ2n) is 3.58. The van der Waals surface area contributed by atoms with Crippen LogP contribution in [0.3, 0.4) is 0 Å². The summed E-state index contributed by atoms with van der Waals surface area (Å²) in [5, 5.41) is 0.546. The summed E-state index contributed by atoms with van der Waals surface area (Å²) in [6, 6.07) is 6.24. The highest BCUT2D eigenvalue weighted by Gasteiger charge is 2.13. The Hall–Kier alpha value is -0.970. The van der Waals surface area contributed by atoms with Crippen LogP contribution in [0.25, 0.3) is 0 Å². The van der Waals surface area contributed by atoms with Crippen LogP contribution in [0, 0.1) is 5.82 Å². The number of benzene rings is 1. The van der Waals surface area contributed by atoms with Gasteiger partial charge in [0.15, 0.2) is 0 Å². The first kappa shape index (κ1) is 12.5. The topological polar surface area (TPSA) is 38.9 Å². The molecular formula is C12H9BrClFN2. The van der Waals surface area contributed by atoms with Crippen LogP contribution in [0.15, 0.2) is 41.1 Å². The predicted octanol–water partition coefficient (Wildman–Crippen LogP) is 3.68. The van der Waals surface area contributed by atoms with Crippen LogP contribution in [0.2, 0.25) is 5.02 Å². The summed E-state index contributed by atoms with van der Waals surface area (Å²) in [6.45, 7) is 0. The lowest BCUT2D eigenvalue weighted by atomic mass is 10.0. The van der Waals surface area contributed by atoms with Gasteiger partial charge in [-0.25, -0.2) is 4.39 Å². The average Bonchev–Trinajstić information content (AvgIpc) is 2.31. The SMILES string of the molecule is NC(c1cncc(F)c1)c1cc(Br)ccc1Cl. The number of aromatic nitrogens is 1. The van der Waals surface area contributed by atoms with Gasteiger partial charge in [-0.05, 0) is 35.4 Å². The van der Waals surface area contributed by atoms with Crippen molar-refractivity contribution in [1.29, 1.82) is 0 Å². The van der Waals surface area contributed by atoms with Gasteiger partial charge in [-0.15, -0.1) is 0 Å². The van der Waals surface area contributed by atoms with Gasteiger partial charge in [0.05, 0.1) is 12.2 Å². The first-order chi connectivity index (χ1) is 8.08. The van der Waals surface area contributed by atoms with E-state index in [4.69, 9.17) is 17.3 Å². The molecule has 0 saturated carbocycles. The van der Waals surface area contributed by atoms with E-state index in [1.54, 1.807) is 6.07 Å². The zero-order valence-electron chi connectivity index (χ0n) is 8.70. The number of rotatable bonds is 2. The van der Waals surface area contributed by atoms with Crippen molar-refractivity contribution < 1.29 is 4.39 Å². The van der Waals surface area contributed by atoms with Crippen LogP contribution in [-0.4, -0.2) is 4.98 Å². The third-order valence-electron chi connectivity index (χ3n) is 2.38. The van der Waals surface area contributed by atoms with Crippen LogP contribution in [0.5, 0.6) is 0 Å². The number of nitrogens with two attached hydrogens (primary N) is 1. The van der Waals surface area contributed by atoms with E-state index in [2.05, 4.69) is 20.9 Å². The first-order valence-corrected chi connectivity index (χ1v) is 6.06. The van der Waals surface area contributed by atoms with Gasteiger partial charge in [0.25, 0.3) is 0 Å². The standard InChI is InChI=1S/C12H9BrClFN2/c13-8-1-2-11(14)10(4-8)12(16)7-3-9(15)6-17-5-7/h1-6,12H,16H2. The second kappa shape index (κ2) is 5.12. The fraction of sp³-hybridized carbons (Fsp3) is 0.0833. The number of pyridine rings is 1. The maximum Gasteiger partial charge on any atom is 0.141 e. The van der Waals surface area contributed by atoms with Crippen molar-refractivity contribution in [2.45, 2.75) is 6.04 Å². The Morgan fingerprint density at radius 3 is 2.76 bits per heavy atom. The average molecular weight is 316 g/mol. The quantitative estimate of drug-likeness (QED) is 0.918. The van der Waals surface area contributed by atoms with Gasteiger partial charge in [0.2, 0.25) is 0 Å². The molecule has 0 bridgehead atoms. The number of nitrogens with zero attached hydrogens (tertiary/aromatic N) is 1. The minimum Gasteiger partial charge on any atom is -0.320 e. The number of hydrogen-bond donors (Lipinski definition) is 1. The van der Waals surface area contributed by atoms with E-state index in [0.29, 0.717) is 10.6 Å². The molecule has 1 atom stereocenters. The normalized spacial score (nSPS) is 12.5. The van der Waals surface area contributed by atoms with Crippen LogP contribution < -0.4 is 5.73 Å². The molecule has 1 heterocycles. The van der Waals surface area contributed by atoms with E-state index in [-0.39, 0.29) is 0 Å². The van der Waals surface area contributed by atoms with E-state index in [0.717, 1.165) is 16.2 Å². The Bertz CT molecular complexity index is 548. The molecule has 1 aromatic carbocycles. The molecule has 5 heteroatoms. The number of halogens is 3. The Kier molecular flexibility index (Phi) is 3.76. The van der Waals surface area contributed by atoms with Gasteiger partial charge in [-0.3, -0.25) is 4.98 Å². The van der Waals surface area contributed by atoms with Gasteiger partial charge in [0.1, 0.15) is 5.82 Å². The molecule has 17 heavy (non-hydrogen) atoms. The maximum absolute atomic E-state index is 13.1. The lowest BCUT2D eigenvalue weighted by molar-refractivity contribution is 0.616. The van der Waals surface area contributed by atoms with Crippen molar-refractivity contribution in [3.05, 3.63) is 63.1 Å². The monoisotopic (exact) mass is 314 g/mol. The Morgan fingerprint density at radius 1 is 1.29 bits per heavy atom. The van der Waals surface area contributed by atoms with Gasteiger partial charge in [-0.2, -0.15) is 0 Å². The molecule has 2 aromatic rings. The van der Waals surface area contributed by atoms with Gasteiger partial charge < -0.3 is 5.73 Å². The summed E-state index contributed by atoms with van der Waals surface area (Å²) < 4.78 is 13.9. The highest BCUT2D eigenvalue weighted by Crippen LogP contribution is 2.29. The number of hydrogen-bond acceptors (Lipinski definition) is 2. The molecule has 0 fully saturated rings. The molecule has 0 amide bonds. The maximum atomic E-state index is 13.1. The van der Waals surface area contributed by atoms with E-state index in [1.165, 1.54) is 12.3 Å². The van der Waals surface area contributed by atoms with Gasteiger partial charge >= 0.3 is 0 Å². The third kappa shape index (κ3) is 2.83. The highest BCUT2D eigenvalue weighted by atomic mass is 79.9. The zero-order chi connectivity index (χ0) is 12.4. The second-order valence-corrected chi connectivity index (χ2v) is 4.90. The summed E-state index contributed by atoms with van der Waals surface area (Å²) in [7, 11) is 0. The largest absolute Gasteiger partial charge is 0.320 e. The van der Waals surface area contributed by atoms with Crippen molar-refractivity contribution in [1.82, 2.24) is 4.98 Å². The van der Waals surface area contributed by atoms with Gasteiger partial charge in [0, 0.05) is 15.7 Å². The van der Waals surface area contributed by atoms with Crippen LogP contribution in [-0.2, 0) is 0 Å². The Balaban J connectivity index is 2.43. The molecule has 1 unspecified atom stereocenters. The van der Waals surface area contributed by atoms with Crippen LogP contribution >= 0.6 is 27.5 Å². The molecule has 0 aliphatic rings. The fourth-order valence-corrected chi connectivity index (χ4v) is 2.14. The Labute approximate surface area is 112 Å². The molecule has 0 aliphatic carbocycles. The summed E-state index contributed by atoms with van der Waals surface area (Å²) in [4.78, 5) is 3.77. The van der Waals surface area contributed by atoms with E-state index in [1.807, 2.05) is 12.1 Å². The smallest absolute Gasteiger partial charge is 0.141 e. The molecule has 0 spiro atoms. The molecular weight excluding hydrogens is 307 g/mol. The minimum absolute atomic E-state index is 0.413. The molecule has 0 radical (unpaired) electrons. The third-order valence-corrected chi connectivity index (χ3v) is 3.22. The van der Waals surface area contributed by atoms with Crippen molar-refractivity contribution in [2.75, 3.05) is 0 Å². The van der Waals surface area contributed by atoms with Gasteiger partial charge in [-0.1, -0.05) is 27.5 Å². The van der Waals surface area contributed by atoms with E-state index in [9.17, 15) is 4.39 Å². The molecule has 0 aliphatic heterocycles. The van der Waals surface area contributed by atoms with Crippen molar-refractivity contribution >= 4 is 27.5 Å². The fourth-order valence-electron chi connectivity index (χ4n) is 1.53. The molecule has 2 N–H and O–H groups in total. The Morgan fingerprint density at radius 2 is 2.06 bits per heavy atom. The van der Waals surface area contributed by atoms with E-state index < -0.39 is 11.9 Å². The lowest BCUT2D eigenvalue weighted by Gasteiger charge is -2.14. The zero-order valence-corrected chi connectivity index (χ0v) is 11.0. The summed E-state index contributed by atoms with van der Waals surface area (Å²) in [5.74, 6) is -0.413. The van der Waals surface area contributed by atoms with Crippen LogP contribution in [0.4, 0.5) is 4.39 Å². The van der Waals surface area contributed by atoms with E-state index >= 15 is 0 Å². The van der Waals surface area contributed by atoms with Crippen molar-refractivity contribution in [3.8, 4) is 0 Å². The molecule has 1 aromatic heterocycles. The van der Waals surface area contributed by atoms with Crippen molar-refractivity contribution in [2.24, 2.45) is 5.73 Å². The molecule has 2 nitrogen and oxygen atoms in total. The predicted molar refractivity (Wildman–Crippen MR) is 69.4 cm³/mol. The summed E-state index contributed by atoms with van der Waals surface area (Å²) in [5.41, 5.74) is 7.36.